The van der Waals surface area contributed by atoms with Crippen molar-refractivity contribution in [3.63, 3.8) is 0 Å². The molecule has 0 bridgehead atoms. The molecule has 1 aromatic carbocycles. The van der Waals surface area contributed by atoms with Crippen molar-refractivity contribution < 1.29 is 4.79 Å². The molecule has 1 aliphatic rings. The number of benzene rings is 1. The number of nitrogens with one attached hydrogen (secondary N) is 1. The van der Waals surface area contributed by atoms with Gasteiger partial charge in [-0.15, -0.1) is 0 Å². The molecule has 112 valence electrons. The number of thiocarbonyl (C=S) groups is 1. The van der Waals surface area contributed by atoms with E-state index in [1.54, 1.807) is 9.36 Å². The lowest BCUT2D eigenvalue weighted by atomic mass is 10.1. The molecule has 6 nitrogen and oxygen atoms in total. The van der Waals surface area contributed by atoms with Crippen LogP contribution in [0.25, 0.3) is 5.69 Å². The van der Waals surface area contributed by atoms with E-state index >= 15 is 0 Å². The highest BCUT2D eigenvalue weighted by Crippen LogP contribution is 2.12. The standard InChI is InChI=1S/C15H14N4O2S/c1-9-11(8-12-13(20)17-15(22)16-12)14(21)19(18(9)2)10-6-4-3-5-7-10/h3-7H,8H2,1-2H3,(H,17,20,22). The zero-order valence-corrected chi connectivity index (χ0v) is 13.0. The summed E-state index contributed by atoms with van der Waals surface area (Å²) in [5.74, 6) is -0.334. The largest absolute Gasteiger partial charge is 0.296 e. The molecular weight excluding hydrogens is 300 g/mol. The highest BCUT2D eigenvalue weighted by Gasteiger charge is 2.25. The number of hydrogen-bond acceptors (Lipinski definition) is 3. The number of carbonyl (C=O) groups is 1. The van der Waals surface area contributed by atoms with E-state index < -0.39 is 0 Å². The van der Waals surface area contributed by atoms with Crippen LogP contribution in [0, 0.1) is 6.92 Å². The molecule has 1 N–H and O–H groups in total. The fourth-order valence-corrected chi connectivity index (χ4v) is 2.69. The van der Waals surface area contributed by atoms with Crippen LogP contribution >= 0.6 is 12.2 Å². The summed E-state index contributed by atoms with van der Waals surface area (Å²) in [4.78, 5) is 28.4. The topological polar surface area (TPSA) is 68.4 Å². The molecule has 0 unspecified atom stereocenters. The lowest BCUT2D eigenvalue weighted by Gasteiger charge is -2.07. The van der Waals surface area contributed by atoms with Gasteiger partial charge in [-0.3, -0.25) is 19.6 Å². The van der Waals surface area contributed by atoms with Crippen molar-refractivity contribution in [2.45, 2.75) is 13.3 Å². The van der Waals surface area contributed by atoms with E-state index in [-0.39, 0.29) is 28.7 Å². The number of amides is 1. The Balaban J connectivity index is 2.08. The summed E-state index contributed by atoms with van der Waals surface area (Å²) in [6.45, 7) is 1.85. The van der Waals surface area contributed by atoms with Crippen LogP contribution in [0.3, 0.4) is 0 Å². The summed E-state index contributed by atoms with van der Waals surface area (Å²) in [7, 11) is 1.81. The van der Waals surface area contributed by atoms with Crippen LogP contribution in [0.2, 0.25) is 0 Å². The molecule has 22 heavy (non-hydrogen) atoms. The van der Waals surface area contributed by atoms with Gasteiger partial charge in [-0.05, 0) is 31.3 Å². The van der Waals surface area contributed by atoms with Gasteiger partial charge in [-0.2, -0.15) is 0 Å². The lowest BCUT2D eigenvalue weighted by Crippen LogP contribution is -2.28. The molecule has 2 aromatic rings. The van der Waals surface area contributed by atoms with Gasteiger partial charge in [0.15, 0.2) is 5.11 Å². The summed E-state index contributed by atoms with van der Waals surface area (Å²) < 4.78 is 3.36. The number of nitrogens with zero attached hydrogens (tertiary/aromatic N) is 3. The Morgan fingerprint density at radius 1 is 1.23 bits per heavy atom. The minimum atomic E-state index is -0.334. The van der Waals surface area contributed by atoms with E-state index in [1.807, 2.05) is 44.3 Å². The van der Waals surface area contributed by atoms with E-state index in [9.17, 15) is 9.59 Å². The van der Waals surface area contributed by atoms with E-state index in [2.05, 4.69) is 10.3 Å². The fourth-order valence-electron chi connectivity index (χ4n) is 2.49. The highest BCUT2D eigenvalue weighted by molar-refractivity contribution is 7.80. The average Bonchev–Trinajstić information content (AvgIpc) is 2.92. The van der Waals surface area contributed by atoms with Gasteiger partial charge < -0.3 is 0 Å². The minimum Gasteiger partial charge on any atom is -0.296 e. The van der Waals surface area contributed by atoms with Crippen LogP contribution in [-0.2, 0) is 18.3 Å². The molecule has 1 aromatic heterocycles. The molecule has 7 heteroatoms. The van der Waals surface area contributed by atoms with Gasteiger partial charge in [-0.25, -0.2) is 9.67 Å². The Hall–Kier alpha value is -2.54. The molecule has 0 radical (unpaired) electrons. The van der Waals surface area contributed by atoms with E-state index in [0.29, 0.717) is 5.56 Å². The van der Waals surface area contributed by atoms with Crippen LogP contribution in [0.5, 0.6) is 0 Å². The first-order valence-corrected chi connectivity index (χ1v) is 7.15. The van der Waals surface area contributed by atoms with Crippen LogP contribution < -0.4 is 10.9 Å². The first-order chi connectivity index (χ1) is 10.5. The van der Waals surface area contributed by atoms with Crippen LogP contribution in [0.1, 0.15) is 11.3 Å². The number of aromatic nitrogens is 2. The molecule has 0 fully saturated rings. The Morgan fingerprint density at radius 3 is 2.50 bits per heavy atom. The fraction of sp³-hybridized carbons (Fsp3) is 0.200. The van der Waals surface area contributed by atoms with Crippen molar-refractivity contribution in [2.75, 3.05) is 0 Å². The quantitative estimate of drug-likeness (QED) is 0.855. The third kappa shape index (κ3) is 2.29. The molecule has 3 rings (SSSR count). The lowest BCUT2D eigenvalue weighted by molar-refractivity contribution is -0.113. The van der Waals surface area contributed by atoms with Crippen molar-refractivity contribution in [3.05, 3.63) is 51.9 Å². The van der Waals surface area contributed by atoms with Crippen molar-refractivity contribution in [3.8, 4) is 5.69 Å². The highest BCUT2D eigenvalue weighted by atomic mass is 32.1. The van der Waals surface area contributed by atoms with Crippen LogP contribution in [0.4, 0.5) is 0 Å². The monoisotopic (exact) mass is 314 g/mol. The minimum absolute atomic E-state index is 0.150. The van der Waals surface area contributed by atoms with Crippen LogP contribution in [-0.4, -0.2) is 26.1 Å². The third-order valence-corrected chi connectivity index (χ3v) is 3.93. The summed E-state index contributed by atoms with van der Waals surface area (Å²) in [6, 6.07) is 9.36. The van der Waals surface area contributed by atoms with Crippen LogP contribution in [0.15, 0.2) is 40.1 Å². The third-order valence-electron chi connectivity index (χ3n) is 3.74. The van der Waals surface area contributed by atoms with Gasteiger partial charge in [0, 0.05) is 24.7 Å². The average molecular weight is 314 g/mol. The van der Waals surface area contributed by atoms with Crippen molar-refractivity contribution in [2.24, 2.45) is 12.0 Å². The van der Waals surface area contributed by atoms with E-state index in [4.69, 9.17) is 12.2 Å². The zero-order chi connectivity index (χ0) is 15.9. The SMILES string of the molecule is Cc1c(CC2=NC(=S)NC2=O)c(=O)n(-c2ccccc2)n1C. The maximum Gasteiger partial charge on any atom is 0.275 e. The Morgan fingerprint density at radius 2 is 1.91 bits per heavy atom. The van der Waals surface area contributed by atoms with E-state index in [0.717, 1.165) is 11.4 Å². The molecule has 0 saturated carbocycles. The normalized spacial score (nSPS) is 14.2. The molecular formula is C15H14N4O2S. The van der Waals surface area contributed by atoms with Crippen molar-refractivity contribution in [1.82, 2.24) is 14.7 Å². The summed E-state index contributed by atoms with van der Waals surface area (Å²) in [6.07, 6.45) is 0.171. The molecule has 1 aliphatic heterocycles. The Bertz CT molecular complexity index is 862. The second kappa shape index (κ2) is 5.34. The molecule has 0 atom stereocenters. The number of aliphatic imine (C=N–C) groups is 1. The molecule has 0 spiro atoms. The number of carbonyl (C=O) groups excluding carboxylic acids is 1. The van der Waals surface area contributed by atoms with Gasteiger partial charge in [0.25, 0.3) is 11.5 Å². The molecule has 0 aliphatic carbocycles. The van der Waals surface area contributed by atoms with Gasteiger partial charge in [0.2, 0.25) is 0 Å². The zero-order valence-electron chi connectivity index (χ0n) is 12.2. The van der Waals surface area contributed by atoms with Crippen molar-refractivity contribution in [1.29, 1.82) is 0 Å². The summed E-state index contributed by atoms with van der Waals surface area (Å²) in [5, 5.41) is 2.60. The molecule has 0 saturated heterocycles. The second-order valence-electron chi connectivity index (χ2n) is 5.03. The molecule has 1 amide bonds. The van der Waals surface area contributed by atoms with Gasteiger partial charge in [0.1, 0.15) is 5.71 Å². The first-order valence-electron chi connectivity index (χ1n) is 6.75. The second-order valence-corrected chi connectivity index (χ2v) is 5.42. The number of para-hydroxylation sites is 1. The Labute approximate surface area is 132 Å². The number of hydrogen-bond donors (Lipinski definition) is 1. The van der Waals surface area contributed by atoms with Gasteiger partial charge in [-0.1, -0.05) is 18.2 Å². The van der Waals surface area contributed by atoms with Crippen molar-refractivity contribution >= 4 is 28.9 Å². The number of rotatable bonds is 3. The Kier molecular flexibility index (Phi) is 3.50. The first kappa shape index (κ1) is 14.4. The predicted molar refractivity (Wildman–Crippen MR) is 87.6 cm³/mol. The smallest absolute Gasteiger partial charge is 0.275 e. The van der Waals surface area contributed by atoms with E-state index in [1.165, 1.54) is 0 Å². The molecule has 2 heterocycles. The maximum absolute atomic E-state index is 12.7. The predicted octanol–water partition coefficient (Wildman–Crippen LogP) is 0.883. The van der Waals surface area contributed by atoms with Gasteiger partial charge >= 0.3 is 0 Å². The van der Waals surface area contributed by atoms with Gasteiger partial charge in [0.05, 0.1) is 5.69 Å². The summed E-state index contributed by atoms with van der Waals surface area (Å²) in [5.41, 5.74) is 2.24. The summed E-state index contributed by atoms with van der Waals surface area (Å²) >= 11 is 4.85. The maximum atomic E-state index is 12.7.